The fourth-order valence-electron chi connectivity index (χ4n) is 1.27. The summed E-state index contributed by atoms with van der Waals surface area (Å²) in [4.78, 5) is 10.9. The molecule has 1 aliphatic rings. The Hall–Kier alpha value is -0.990. The molecule has 0 bridgehead atoms. The molecular formula is C9H15NO2. The number of alkyl carbamates (subject to hydrolysis) is 1. The van der Waals surface area contributed by atoms with Gasteiger partial charge in [-0.2, -0.15) is 0 Å². The smallest absolute Gasteiger partial charge is 0.408 e. The number of amides is 1. The van der Waals surface area contributed by atoms with Crippen molar-refractivity contribution in [2.24, 2.45) is 0 Å². The molecule has 1 rings (SSSR count). The molecule has 3 heteroatoms. The first kappa shape index (κ1) is 9.10. The maximum absolute atomic E-state index is 10.9. The van der Waals surface area contributed by atoms with Gasteiger partial charge in [-0.25, -0.2) is 4.79 Å². The summed E-state index contributed by atoms with van der Waals surface area (Å²) in [5.74, 6) is 0. The third-order valence-electron chi connectivity index (χ3n) is 2.09. The molecule has 68 valence electrons. The number of allylic oxidation sites excluding steroid dienone is 1. The molecule has 1 saturated heterocycles. The zero-order valence-corrected chi connectivity index (χ0v) is 7.76. The number of ether oxygens (including phenoxy) is 1. The highest BCUT2D eigenvalue weighted by Crippen LogP contribution is 2.23. The second-order valence-corrected chi connectivity index (χ2v) is 3.49. The van der Waals surface area contributed by atoms with Gasteiger partial charge in [-0.1, -0.05) is 12.2 Å². The first-order valence-electron chi connectivity index (χ1n) is 4.17. The van der Waals surface area contributed by atoms with Crippen LogP contribution in [0.1, 0.15) is 27.2 Å². The zero-order valence-electron chi connectivity index (χ0n) is 7.76. The normalized spacial score (nSPS) is 27.2. The van der Waals surface area contributed by atoms with Crippen molar-refractivity contribution >= 4 is 6.09 Å². The molecule has 0 aromatic heterocycles. The molecule has 0 aromatic rings. The van der Waals surface area contributed by atoms with E-state index in [0.717, 1.165) is 6.42 Å². The van der Waals surface area contributed by atoms with E-state index in [-0.39, 0.29) is 17.7 Å². The molecule has 0 saturated carbocycles. The molecule has 1 unspecified atom stereocenters. The van der Waals surface area contributed by atoms with Gasteiger partial charge in [0, 0.05) is 0 Å². The van der Waals surface area contributed by atoms with E-state index in [4.69, 9.17) is 4.74 Å². The largest absolute Gasteiger partial charge is 0.441 e. The minimum absolute atomic E-state index is 0.0983. The third kappa shape index (κ3) is 1.78. The van der Waals surface area contributed by atoms with Gasteiger partial charge < -0.3 is 10.1 Å². The Morgan fingerprint density at radius 2 is 2.33 bits per heavy atom. The summed E-state index contributed by atoms with van der Waals surface area (Å²) < 4.78 is 5.07. The van der Waals surface area contributed by atoms with Gasteiger partial charge in [0.2, 0.25) is 0 Å². The minimum atomic E-state index is -0.378. The van der Waals surface area contributed by atoms with E-state index in [1.165, 1.54) is 0 Å². The van der Waals surface area contributed by atoms with E-state index in [2.05, 4.69) is 5.32 Å². The Labute approximate surface area is 72.8 Å². The van der Waals surface area contributed by atoms with E-state index < -0.39 is 0 Å². The van der Waals surface area contributed by atoms with Crippen LogP contribution in [0.5, 0.6) is 0 Å². The fraction of sp³-hybridized carbons (Fsp3) is 0.667. The van der Waals surface area contributed by atoms with Crippen molar-refractivity contribution in [2.75, 3.05) is 0 Å². The van der Waals surface area contributed by atoms with Crippen LogP contribution in [0, 0.1) is 0 Å². The first-order valence-corrected chi connectivity index (χ1v) is 4.17. The summed E-state index contributed by atoms with van der Waals surface area (Å²) in [7, 11) is 0. The van der Waals surface area contributed by atoms with Gasteiger partial charge in [0.15, 0.2) is 0 Å². The van der Waals surface area contributed by atoms with Gasteiger partial charge in [0.1, 0.15) is 5.60 Å². The van der Waals surface area contributed by atoms with Crippen molar-refractivity contribution in [3.63, 3.8) is 0 Å². The van der Waals surface area contributed by atoms with E-state index in [1.807, 2.05) is 32.9 Å². The number of nitrogens with one attached hydrogen (secondary N) is 1. The minimum Gasteiger partial charge on any atom is -0.441 e. The fourth-order valence-corrected chi connectivity index (χ4v) is 1.27. The summed E-state index contributed by atoms with van der Waals surface area (Å²) in [6.45, 7) is 5.79. The third-order valence-corrected chi connectivity index (χ3v) is 2.09. The number of hydrogen-bond acceptors (Lipinski definition) is 2. The van der Waals surface area contributed by atoms with E-state index in [0.29, 0.717) is 0 Å². The molecule has 1 atom stereocenters. The van der Waals surface area contributed by atoms with Crippen LogP contribution in [-0.2, 0) is 4.74 Å². The summed E-state index contributed by atoms with van der Waals surface area (Å²) in [6, 6.07) is 0.0983. The summed E-state index contributed by atoms with van der Waals surface area (Å²) in [5, 5.41) is 2.77. The van der Waals surface area contributed by atoms with Crippen molar-refractivity contribution in [3.05, 3.63) is 12.2 Å². The number of carbonyl (C=O) groups excluding carboxylic acids is 1. The Morgan fingerprint density at radius 3 is 2.75 bits per heavy atom. The van der Waals surface area contributed by atoms with Crippen molar-refractivity contribution in [3.8, 4) is 0 Å². The van der Waals surface area contributed by atoms with Gasteiger partial charge in [-0.3, -0.25) is 0 Å². The lowest BCUT2D eigenvalue weighted by Crippen LogP contribution is -2.37. The SMILES string of the molecule is CC=CCC1NC(=O)OC1(C)C. The maximum atomic E-state index is 10.9. The molecule has 0 spiro atoms. The number of rotatable bonds is 2. The van der Waals surface area contributed by atoms with Crippen molar-refractivity contribution in [1.82, 2.24) is 5.32 Å². The second-order valence-electron chi connectivity index (χ2n) is 3.49. The number of cyclic esters (lactones) is 1. The van der Waals surface area contributed by atoms with Gasteiger partial charge >= 0.3 is 6.09 Å². The number of carbonyl (C=O) groups is 1. The van der Waals surface area contributed by atoms with Gasteiger partial charge in [0.05, 0.1) is 6.04 Å². The Morgan fingerprint density at radius 1 is 1.67 bits per heavy atom. The molecule has 1 fully saturated rings. The van der Waals surface area contributed by atoms with Gasteiger partial charge in [-0.05, 0) is 27.2 Å². The average Bonchev–Trinajstić information content (AvgIpc) is 2.20. The van der Waals surface area contributed by atoms with Crippen molar-refractivity contribution in [1.29, 1.82) is 0 Å². The van der Waals surface area contributed by atoms with Crippen LogP contribution in [-0.4, -0.2) is 17.7 Å². The van der Waals surface area contributed by atoms with E-state index in [1.54, 1.807) is 0 Å². The Kier molecular flexibility index (Phi) is 2.40. The lowest BCUT2D eigenvalue weighted by Gasteiger charge is -2.22. The molecule has 1 amide bonds. The molecule has 0 aliphatic carbocycles. The second kappa shape index (κ2) is 3.17. The lowest BCUT2D eigenvalue weighted by molar-refractivity contribution is 0.0690. The predicted molar refractivity (Wildman–Crippen MR) is 46.9 cm³/mol. The molecule has 1 heterocycles. The first-order chi connectivity index (χ1) is 5.56. The topological polar surface area (TPSA) is 38.3 Å². The van der Waals surface area contributed by atoms with Gasteiger partial charge in [0.25, 0.3) is 0 Å². The van der Waals surface area contributed by atoms with E-state index in [9.17, 15) is 4.79 Å². The van der Waals surface area contributed by atoms with Crippen LogP contribution >= 0.6 is 0 Å². The molecule has 12 heavy (non-hydrogen) atoms. The van der Waals surface area contributed by atoms with Crippen LogP contribution in [0.4, 0.5) is 4.79 Å². The quantitative estimate of drug-likeness (QED) is 0.640. The number of hydrogen-bond donors (Lipinski definition) is 1. The average molecular weight is 169 g/mol. The highest BCUT2D eigenvalue weighted by Gasteiger charge is 2.40. The van der Waals surface area contributed by atoms with Crippen LogP contribution in [0.3, 0.4) is 0 Å². The standard InChI is InChI=1S/C9H15NO2/c1-4-5-6-7-9(2,3)12-8(11)10-7/h4-5,7H,6H2,1-3H3,(H,10,11). The predicted octanol–water partition coefficient (Wildman–Crippen LogP) is 1.84. The zero-order chi connectivity index (χ0) is 9.19. The maximum Gasteiger partial charge on any atom is 0.408 e. The molecular weight excluding hydrogens is 154 g/mol. The molecule has 3 nitrogen and oxygen atoms in total. The Balaban J connectivity index is 2.58. The van der Waals surface area contributed by atoms with Crippen LogP contribution in [0.15, 0.2) is 12.2 Å². The van der Waals surface area contributed by atoms with Crippen LogP contribution < -0.4 is 5.32 Å². The lowest BCUT2D eigenvalue weighted by atomic mass is 9.97. The van der Waals surface area contributed by atoms with Gasteiger partial charge in [-0.15, -0.1) is 0 Å². The van der Waals surface area contributed by atoms with Crippen LogP contribution in [0.25, 0.3) is 0 Å². The van der Waals surface area contributed by atoms with Crippen molar-refractivity contribution < 1.29 is 9.53 Å². The van der Waals surface area contributed by atoms with Crippen molar-refractivity contribution in [2.45, 2.75) is 38.8 Å². The summed E-state index contributed by atoms with van der Waals surface area (Å²) >= 11 is 0. The monoisotopic (exact) mass is 169 g/mol. The van der Waals surface area contributed by atoms with E-state index >= 15 is 0 Å². The molecule has 1 N–H and O–H groups in total. The highest BCUT2D eigenvalue weighted by molar-refractivity contribution is 5.71. The highest BCUT2D eigenvalue weighted by atomic mass is 16.6. The summed E-state index contributed by atoms with van der Waals surface area (Å²) in [5.41, 5.74) is -0.378. The van der Waals surface area contributed by atoms with Crippen LogP contribution in [0.2, 0.25) is 0 Å². The molecule has 0 radical (unpaired) electrons. The molecule has 1 aliphatic heterocycles. The summed E-state index contributed by atoms with van der Waals surface area (Å²) in [6.07, 6.45) is 4.52. The molecule has 0 aromatic carbocycles. The Bertz CT molecular complexity index is 209.